The second-order valence-corrected chi connectivity index (χ2v) is 7.20. The Labute approximate surface area is 141 Å². The summed E-state index contributed by atoms with van der Waals surface area (Å²) in [7, 11) is 2.06. The van der Waals surface area contributed by atoms with E-state index in [1.165, 1.54) is 11.8 Å². The van der Waals surface area contributed by atoms with Crippen molar-refractivity contribution in [2.24, 2.45) is 11.3 Å². The minimum atomic E-state index is -0.585. The van der Waals surface area contributed by atoms with Crippen molar-refractivity contribution in [2.75, 3.05) is 7.05 Å². The number of benzene rings is 1. The Morgan fingerprint density at radius 2 is 2.17 bits per heavy atom. The molecule has 1 saturated heterocycles. The number of likely N-dealkylation sites (tertiary alicyclic amines) is 1. The van der Waals surface area contributed by atoms with Gasteiger partial charge >= 0.3 is 0 Å². The largest absolute Gasteiger partial charge is 0.463 e. The molecule has 0 saturated carbocycles. The number of likely N-dealkylation sites (N-methyl/N-ethyl adjacent to an activating group) is 1. The van der Waals surface area contributed by atoms with Gasteiger partial charge in [-0.1, -0.05) is 26.0 Å². The van der Waals surface area contributed by atoms with E-state index in [2.05, 4.69) is 50.1 Å². The molecule has 124 valence electrons. The molecule has 0 aromatic heterocycles. The summed E-state index contributed by atoms with van der Waals surface area (Å²) < 4.78 is 6.48. The molecule has 4 rings (SSSR count). The lowest BCUT2D eigenvalue weighted by Crippen LogP contribution is -2.54. The number of nitrogens with zero attached hydrogens (tertiary/aromatic N) is 2. The molecule has 0 N–H and O–H groups in total. The van der Waals surface area contributed by atoms with Crippen molar-refractivity contribution in [1.29, 1.82) is 0 Å². The Kier molecular flexibility index (Phi) is 2.95. The number of allylic oxidation sites excluding steroid dienone is 4. The quantitative estimate of drug-likeness (QED) is 0.576. The molecular formula is C19H20N2O3. The van der Waals surface area contributed by atoms with Gasteiger partial charge in [-0.3, -0.25) is 10.1 Å². The number of hydrogen-bond acceptors (Lipinski definition) is 4. The zero-order valence-corrected chi connectivity index (χ0v) is 14.0. The third kappa shape index (κ3) is 1.75. The molecule has 2 heterocycles. The normalized spacial score (nSPS) is 29.0. The van der Waals surface area contributed by atoms with Crippen LogP contribution in [-0.2, 0) is 0 Å². The van der Waals surface area contributed by atoms with E-state index in [1.807, 2.05) is 6.08 Å². The Balaban J connectivity index is 1.80. The zero-order chi connectivity index (χ0) is 17.1. The number of nitro groups is 1. The molecule has 1 aromatic carbocycles. The summed E-state index contributed by atoms with van der Waals surface area (Å²) in [6.45, 7) is 4.46. The Morgan fingerprint density at radius 1 is 1.38 bits per heavy atom. The fourth-order valence-corrected chi connectivity index (χ4v) is 4.31. The second-order valence-electron chi connectivity index (χ2n) is 7.20. The maximum Gasteiger partial charge on any atom is 0.270 e. The monoisotopic (exact) mass is 324 g/mol. The van der Waals surface area contributed by atoms with Gasteiger partial charge in [0.15, 0.2) is 0 Å². The first-order chi connectivity index (χ1) is 11.4. The molecule has 2 atom stereocenters. The minimum absolute atomic E-state index is 0.0811. The molecule has 0 radical (unpaired) electrons. The molecule has 2 aliphatic heterocycles. The number of nitro benzene ring substituents is 1. The summed E-state index contributed by atoms with van der Waals surface area (Å²) in [4.78, 5) is 12.8. The van der Waals surface area contributed by atoms with Crippen LogP contribution in [0.25, 0.3) is 6.08 Å². The first-order valence-electron chi connectivity index (χ1n) is 8.14. The predicted octanol–water partition coefficient (Wildman–Crippen LogP) is 4.13. The van der Waals surface area contributed by atoms with Gasteiger partial charge in [0.25, 0.3) is 5.69 Å². The number of hydrogen-bond donors (Lipinski definition) is 0. The topological polar surface area (TPSA) is 55.6 Å². The second kappa shape index (κ2) is 4.72. The minimum Gasteiger partial charge on any atom is -0.463 e. The summed E-state index contributed by atoms with van der Waals surface area (Å²) in [5.41, 5.74) is 1.39. The molecule has 1 aliphatic carbocycles. The molecule has 0 amide bonds. The predicted molar refractivity (Wildman–Crippen MR) is 92.4 cm³/mol. The molecule has 24 heavy (non-hydrogen) atoms. The van der Waals surface area contributed by atoms with Crippen LogP contribution in [0.1, 0.15) is 25.8 Å². The standard InChI is InChI=1S/C19H20N2O3/c1-18(2)15-6-4-5-7-16(15)20(3)19(18)11-10-13-12-14(21(22)23)8-9-17(13)24-19/h4-5,7-12,15H,6H2,1-3H3. The van der Waals surface area contributed by atoms with Gasteiger partial charge in [-0.25, -0.2) is 0 Å². The van der Waals surface area contributed by atoms with Crippen LogP contribution in [0.5, 0.6) is 5.75 Å². The Bertz CT molecular complexity index is 822. The molecule has 3 aliphatic rings. The van der Waals surface area contributed by atoms with Gasteiger partial charge in [0.05, 0.1) is 4.92 Å². The number of ether oxygens (including phenoxy) is 1. The molecule has 5 nitrogen and oxygen atoms in total. The van der Waals surface area contributed by atoms with Gasteiger partial charge in [-0.15, -0.1) is 0 Å². The van der Waals surface area contributed by atoms with Crippen LogP contribution in [0, 0.1) is 21.4 Å². The zero-order valence-electron chi connectivity index (χ0n) is 14.0. The third-order valence-corrected chi connectivity index (χ3v) is 5.77. The van der Waals surface area contributed by atoms with E-state index in [4.69, 9.17) is 4.74 Å². The Hall–Kier alpha value is -2.56. The van der Waals surface area contributed by atoms with Crippen molar-refractivity contribution in [2.45, 2.75) is 26.0 Å². The van der Waals surface area contributed by atoms with Gasteiger partial charge in [0, 0.05) is 41.8 Å². The SMILES string of the molecule is CN1C2=CC=CCC2C(C)(C)C12C=Cc1cc([N+](=O)[O-])ccc1O2. The summed E-state index contributed by atoms with van der Waals surface area (Å²) in [6.07, 6.45) is 11.5. The molecule has 0 bridgehead atoms. The van der Waals surface area contributed by atoms with Gasteiger partial charge < -0.3 is 9.64 Å². The van der Waals surface area contributed by atoms with Gasteiger partial charge in [0.2, 0.25) is 5.72 Å². The van der Waals surface area contributed by atoms with Crippen molar-refractivity contribution in [3.8, 4) is 5.75 Å². The maximum atomic E-state index is 11.0. The summed E-state index contributed by atoms with van der Waals surface area (Å²) in [5, 5.41) is 11.0. The van der Waals surface area contributed by atoms with Crippen LogP contribution in [0.3, 0.4) is 0 Å². The lowest BCUT2D eigenvalue weighted by atomic mass is 9.70. The third-order valence-electron chi connectivity index (χ3n) is 5.77. The van der Waals surface area contributed by atoms with Crippen molar-refractivity contribution >= 4 is 11.8 Å². The van der Waals surface area contributed by atoms with Crippen LogP contribution in [0.4, 0.5) is 5.69 Å². The molecule has 1 fully saturated rings. The van der Waals surface area contributed by atoms with Crippen molar-refractivity contribution in [3.05, 3.63) is 63.9 Å². The summed E-state index contributed by atoms with van der Waals surface area (Å²) >= 11 is 0. The van der Waals surface area contributed by atoms with Crippen LogP contribution in [0.2, 0.25) is 0 Å². The van der Waals surface area contributed by atoms with Crippen molar-refractivity contribution < 1.29 is 9.66 Å². The highest BCUT2D eigenvalue weighted by Gasteiger charge is 2.61. The van der Waals surface area contributed by atoms with E-state index in [0.717, 1.165) is 12.0 Å². The first kappa shape index (κ1) is 15.0. The highest BCUT2D eigenvalue weighted by Crippen LogP contribution is 2.58. The van der Waals surface area contributed by atoms with Gasteiger partial charge in [-0.05, 0) is 30.7 Å². The first-order valence-corrected chi connectivity index (χ1v) is 8.14. The van der Waals surface area contributed by atoms with Crippen molar-refractivity contribution in [3.63, 3.8) is 0 Å². The van der Waals surface area contributed by atoms with E-state index in [1.54, 1.807) is 12.1 Å². The van der Waals surface area contributed by atoms with E-state index in [-0.39, 0.29) is 16.0 Å². The molecular weight excluding hydrogens is 304 g/mol. The summed E-state index contributed by atoms with van der Waals surface area (Å²) in [6, 6.07) is 4.77. The molecule has 1 aromatic rings. The van der Waals surface area contributed by atoms with Crippen LogP contribution >= 0.6 is 0 Å². The number of non-ortho nitro benzene ring substituents is 1. The average molecular weight is 324 g/mol. The highest BCUT2D eigenvalue weighted by atomic mass is 16.6. The Morgan fingerprint density at radius 3 is 2.88 bits per heavy atom. The smallest absolute Gasteiger partial charge is 0.270 e. The highest BCUT2D eigenvalue weighted by molar-refractivity contribution is 5.65. The van der Waals surface area contributed by atoms with Gasteiger partial charge in [0.1, 0.15) is 5.75 Å². The van der Waals surface area contributed by atoms with Crippen LogP contribution in [-0.4, -0.2) is 22.6 Å². The molecule has 1 spiro atoms. The average Bonchev–Trinajstić information content (AvgIpc) is 2.74. The van der Waals surface area contributed by atoms with Crippen LogP contribution < -0.4 is 4.74 Å². The molecule has 5 heteroatoms. The van der Waals surface area contributed by atoms with Gasteiger partial charge in [-0.2, -0.15) is 0 Å². The lowest BCUT2D eigenvalue weighted by Gasteiger charge is -2.46. The molecule has 2 unspecified atom stereocenters. The van der Waals surface area contributed by atoms with Crippen LogP contribution in [0.15, 0.2) is 48.2 Å². The fraction of sp³-hybridized carbons (Fsp3) is 0.368. The number of rotatable bonds is 1. The summed E-state index contributed by atoms with van der Waals surface area (Å²) in [5.74, 6) is 1.08. The number of fused-ring (bicyclic) bond motifs is 2. The maximum absolute atomic E-state index is 11.0. The van der Waals surface area contributed by atoms with E-state index in [9.17, 15) is 10.1 Å². The van der Waals surface area contributed by atoms with E-state index in [0.29, 0.717) is 11.7 Å². The fourth-order valence-electron chi connectivity index (χ4n) is 4.31. The van der Waals surface area contributed by atoms with E-state index >= 15 is 0 Å². The van der Waals surface area contributed by atoms with E-state index < -0.39 is 5.72 Å². The lowest BCUT2D eigenvalue weighted by molar-refractivity contribution is -0.384. The van der Waals surface area contributed by atoms with Crippen molar-refractivity contribution in [1.82, 2.24) is 4.90 Å².